The Labute approximate surface area is 151 Å². The van der Waals surface area contributed by atoms with Crippen molar-refractivity contribution < 1.29 is 35.5 Å². The van der Waals surface area contributed by atoms with Gasteiger partial charge in [-0.1, -0.05) is 0 Å². The molecule has 0 saturated heterocycles. The van der Waals surface area contributed by atoms with Gasteiger partial charge in [0.05, 0.1) is 16.9 Å². The number of fused-ring (bicyclic) bond motifs is 2. The summed E-state index contributed by atoms with van der Waals surface area (Å²) in [6, 6.07) is 2.31. The van der Waals surface area contributed by atoms with Crippen LogP contribution in [-0.4, -0.2) is 33.2 Å². The zero-order chi connectivity index (χ0) is 20.0. The van der Waals surface area contributed by atoms with Crippen molar-refractivity contribution in [3.63, 3.8) is 0 Å². The molecule has 0 fully saturated rings. The summed E-state index contributed by atoms with van der Waals surface area (Å²) in [5, 5.41) is -0.0676. The fraction of sp³-hybridized carbons (Fsp3) is 0.412. The molecule has 2 aromatic rings. The highest BCUT2D eigenvalue weighted by atomic mass is 32.2. The summed E-state index contributed by atoms with van der Waals surface area (Å²) in [5.74, 6) is -0.250. The summed E-state index contributed by atoms with van der Waals surface area (Å²) in [5.41, 5.74) is -1.04. The zero-order valence-corrected chi connectivity index (χ0v) is 15.0. The third-order valence-electron chi connectivity index (χ3n) is 4.19. The fourth-order valence-electron chi connectivity index (χ4n) is 3.09. The number of Topliss-reactive ketones (excluding diaryl/α,β-unsaturated/α-hetero) is 1. The Hall–Kier alpha value is -2.20. The van der Waals surface area contributed by atoms with Crippen LogP contribution >= 0.6 is 0 Å². The van der Waals surface area contributed by atoms with Crippen LogP contribution in [0.5, 0.6) is 0 Å². The first-order valence-corrected chi connectivity index (χ1v) is 9.87. The van der Waals surface area contributed by atoms with Gasteiger partial charge in [0.1, 0.15) is 23.5 Å². The molecule has 0 spiro atoms. The summed E-state index contributed by atoms with van der Waals surface area (Å²) in [7, 11) is -3.83. The van der Waals surface area contributed by atoms with Crippen LogP contribution in [0.25, 0.3) is 11.0 Å². The molecule has 0 N–H and O–H groups in total. The number of rotatable bonds is 4. The number of alkyl halides is 3. The molecule has 0 aliphatic heterocycles. The van der Waals surface area contributed by atoms with E-state index >= 15 is 0 Å². The van der Waals surface area contributed by atoms with Crippen molar-refractivity contribution in [2.75, 3.05) is 12.9 Å². The normalized spacial score (nSPS) is 15.2. The maximum Gasteiger partial charge on any atom is 0.411 e. The van der Waals surface area contributed by atoms with Crippen molar-refractivity contribution in [1.29, 1.82) is 0 Å². The van der Waals surface area contributed by atoms with Gasteiger partial charge in [-0.3, -0.25) is 9.59 Å². The Morgan fingerprint density at radius 2 is 1.89 bits per heavy atom. The Kier molecular flexibility index (Phi) is 4.89. The quantitative estimate of drug-likeness (QED) is 0.778. The third-order valence-corrected chi connectivity index (χ3v) is 5.37. The van der Waals surface area contributed by atoms with E-state index in [2.05, 4.69) is 4.74 Å². The van der Waals surface area contributed by atoms with Crippen LogP contribution < -0.4 is 5.43 Å². The molecule has 0 radical (unpaired) electrons. The van der Waals surface area contributed by atoms with Gasteiger partial charge in [-0.05, 0) is 18.6 Å². The maximum atomic E-state index is 12.7. The first-order chi connectivity index (χ1) is 12.5. The zero-order valence-electron chi connectivity index (χ0n) is 14.2. The van der Waals surface area contributed by atoms with Crippen LogP contribution in [0.3, 0.4) is 0 Å². The lowest BCUT2D eigenvalue weighted by molar-refractivity contribution is -0.176. The Bertz CT molecular complexity index is 1080. The van der Waals surface area contributed by atoms with E-state index in [-0.39, 0.29) is 45.0 Å². The maximum absolute atomic E-state index is 12.7. The summed E-state index contributed by atoms with van der Waals surface area (Å²) in [6.07, 6.45) is -2.74. The van der Waals surface area contributed by atoms with Crippen LogP contribution in [0.15, 0.2) is 26.2 Å². The second kappa shape index (κ2) is 6.75. The van der Waals surface area contributed by atoms with Gasteiger partial charge in [0.25, 0.3) is 0 Å². The van der Waals surface area contributed by atoms with E-state index in [0.717, 1.165) is 12.3 Å². The van der Waals surface area contributed by atoms with E-state index in [1.54, 1.807) is 0 Å². The van der Waals surface area contributed by atoms with Crippen LogP contribution in [0, 0.1) is 0 Å². The molecule has 1 aromatic heterocycles. The number of benzene rings is 1. The number of aryl methyl sites for hydroxylation is 1. The van der Waals surface area contributed by atoms with E-state index in [1.165, 1.54) is 6.07 Å². The highest BCUT2D eigenvalue weighted by molar-refractivity contribution is 7.90. The SMILES string of the molecule is CS(=O)(=O)c1ccc2c(=O)c3c(oc2c1COCC(F)(F)F)CCCC3=O. The lowest BCUT2D eigenvalue weighted by Gasteiger charge is -2.17. The smallest absolute Gasteiger partial charge is 0.411 e. The second-order valence-electron chi connectivity index (χ2n) is 6.31. The Balaban J connectivity index is 2.23. The lowest BCUT2D eigenvalue weighted by Crippen LogP contribution is -2.23. The fourth-order valence-corrected chi connectivity index (χ4v) is 4.00. The predicted molar refractivity (Wildman–Crippen MR) is 88.6 cm³/mol. The van der Waals surface area contributed by atoms with E-state index in [9.17, 15) is 31.2 Å². The molecule has 0 amide bonds. The van der Waals surface area contributed by atoms with Crippen molar-refractivity contribution in [1.82, 2.24) is 0 Å². The van der Waals surface area contributed by atoms with E-state index in [0.29, 0.717) is 12.8 Å². The minimum Gasteiger partial charge on any atom is -0.460 e. The van der Waals surface area contributed by atoms with E-state index < -0.39 is 34.7 Å². The van der Waals surface area contributed by atoms with Crippen LogP contribution in [-0.2, 0) is 27.6 Å². The molecule has 0 bridgehead atoms. The molecule has 0 saturated carbocycles. The minimum atomic E-state index is -4.59. The highest BCUT2D eigenvalue weighted by Gasteiger charge is 2.30. The lowest BCUT2D eigenvalue weighted by atomic mass is 9.94. The number of hydrogen-bond acceptors (Lipinski definition) is 6. The second-order valence-corrected chi connectivity index (χ2v) is 8.29. The van der Waals surface area contributed by atoms with Gasteiger partial charge >= 0.3 is 6.18 Å². The van der Waals surface area contributed by atoms with E-state index in [1.807, 2.05) is 0 Å². The van der Waals surface area contributed by atoms with Crippen LogP contribution in [0.4, 0.5) is 13.2 Å². The molecule has 1 aliphatic carbocycles. The van der Waals surface area contributed by atoms with E-state index in [4.69, 9.17) is 4.42 Å². The van der Waals surface area contributed by atoms with Gasteiger partial charge < -0.3 is 9.15 Å². The predicted octanol–water partition coefficient (Wildman–Crippen LogP) is 2.79. The van der Waals surface area contributed by atoms with Gasteiger partial charge in [-0.25, -0.2) is 8.42 Å². The third kappa shape index (κ3) is 3.91. The monoisotopic (exact) mass is 404 g/mol. The molecule has 27 heavy (non-hydrogen) atoms. The van der Waals surface area contributed by atoms with Gasteiger partial charge in [-0.15, -0.1) is 0 Å². The minimum absolute atomic E-state index is 0.0676. The van der Waals surface area contributed by atoms with Gasteiger partial charge in [0.15, 0.2) is 15.6 Å². The van der Waals surface area contributed by atoms with Crippen molar-refractivity contribution in [2.45, 2.75) is 36.9 Å². The van der Waals surface area contributed by atoms with Crippen molar-refractivity contribution in [2.24, 2.45) is 0 Å². The number of carbonyl (C=O) groups is 1. The van der Waals surface area contributed by atoms with Gasteiger partial charge in [-0.2, -0.15) is 13.2 Å². The average Bonchev–Trinajstić information content (AvgIpc) is 2.53. The standard InChI is InChI=1S/C17H15F3O6S/c1-27(23,24)13-6-5-9-15(22)14-11(21)3-2-4-12(14)26-16(9)10(13)7-25-8-17(18,19)20/h5-6H,2-4,7-8H2,1H3. The van der Waals surface area contributed by atoms with Gasteiger partial charge in [0, 0.05) is 24.7 Å². The molecule has 10 heteroatoms. The number of carbonyl (C=O) groups excluding carboxylic acids is 1. The first kappa shape index (κ1) is 19.6. The highest BCUT2D eigenvalue weighted by Crippen LogP contribution is 2.30. The molecule has 6 nitrogen and oxygen atoms in total. The molecule has 146 valence electrons. The average molecular weight is 404 g/mol. The van der Waals surface area contributed by atoms with Crippen molar-refractivity contribution in [3.05, 3.63) is 39.2 Å². The van der Waals surface area contributed by atoms with Crippen molar-refractivity contribution >= 4 is 26.6 Å². The summed E-state index contributed by atoms with van der Waals surface area (Å²) in [6.45, 7) is -2.30. The molecule has 0 unspecified atom stereocenters. The first-order valence-electron chi connectivity index (χ1n) is 7.98. The topological polar surface area (TPSA) is 90.7 Å². The molecule has 1 heterocycles. The van der Waals surface area contributed by atoms with Crippen LogP contribution in [0.2, 0.25) is 0 Å². The Morgan fingerprint density at radius 3 is 2.52 bits per heavy atom. The largest absolute Gasteiger partial charge is 0.460 e. The van der Waals surface area contributed by atoms with Crippen molar-refractivity contribution in [3.8, 4) is 0 Å². The molecular formula is C17H15F3O6S. The molecule has 3 rings (SSSR count). The number of ether oxygens (including phenoxy) is 1. The number of hydrogen-bond donors (Lipinski definition) is 0. The molecular weight excluding hydrogens is 389 g/mol. The molecule has 1 aliphatic rings. The van der Waals surface area contributed by atoms with Crippen LogP contribution in [0.1, 0.15) is 34.5 Å². The number of halogens is 3. The summed E-state index contributed by atoms with van der Waals surface area (Å²) < 4.78 is 71.5. The Morgan fingerprint density at radius 1 is 1.19 bits per heavy atom. The summed E-state index contributed by atoms with van der Waals surface area (Å²) in [4.78, 5) is 24.4. The molecule has 1 aromatic carbocycles. The summed E-state index contributed by atoms with van der Waals surface area (Å²) >= 11 is 0. The van der Waals surface area contributed by atoms with Gasteiger partial charge in [0.2, 0.25) is 5.43 Å². The number of ketones is 1. The molecule has 0 atom stereocenters. The number of sulfone groups is 1.